The molecule has 0 saturated carbocycles. The molecule has 0 bridgehead atoms. The van der Waals surface area contributed by atoms with Crippen LogP contribution >= 0.6 is 11.3 Å². The number of thiophene rings is 1. The van der Waals surface area contributed by atoms with Crippen molar-refractivity contribution in [2.75, 3.05) is 5.32 Å². The molecule has 0 aliphatic rings. The predicted octanol–water partition coefficient (Wildman–Crippen LogP) is 2.40. The Morgan fingerprint density at radius 2 is 2.16 bits per heavy atom. The number of carbonyl (C=O) groups excluding carboxylic acids is 2. The maximum absolute atomic E-state index is 11.7. The molecule has 2 rings (SSSR count). The van der Waals surface area contributed by atoms with Gasteiger partial charge in [-0.15, -0.1) is 11.3 Å². The summed E-state index contributed by atoms with van der Waals surface area (Å²) in [5.74, 6) is 0.449. The number of aryl methyl sites for hydroxylation is 1. The van der Waals surface area contributed by atoms with E-state index in [1.165, 1.54) is 17.4 Å². The molecule has 0 saturated heterocycles. The van der Waals surface area contributed by atoms with Crippen molar-refractivity contribution in [3.05, 3.63) is 46.7 Å². The fraction of sp³-hybridized carbons (Fsp3) is 0.0769. The van der Waals surface area contributed by atoms with Gasteiger partial charge in [0.2, 0.25) is 5.91 Å². The Hall–Kier alpha value is -2.34. The normalized spacial score (nSPS) is 10.8. The molecule has 98 valence electrons. The highest BCUT2D eigenvalue weighted by molar-refractivity contribution is 7.14. The van der Waals surface area contributed by atoms with Gasteiger partial charge in [0, 0.05) is 6.08 Å². The van der Waals surface area contributed by atoms with Crippen LogP contribution in [0.25, 0.3) is 6.08 Å². The number of primary amides is 1. The van der Waals surface area contributed by atoms with E-state index in [0.717, 1.165) is 5.76 Å². The molecule has 0 fully saturated rings. The molecule has 0 spiro atoms. The highest BCUT2D eigenvalue weighted by Gasteiger charge is 2.10. The summed E-state index contributed by atoms with van der Waals surface area (Å²) in [5.41, 5.74) is 5.49. The fourth-order valence-corrected chi connectivity index (χ4v) is 2.25. The molecule has 0 aromatic carbocycles. The minimum Gasteiger partial charge on any atom is -0.462 e. The van der Waals surface area contributed by atoms with E-state index in [-0.39, 0.29) is 5.91 Å². The first-order chi connectivity index (χ1) is 9.06. The van der Waals surface area contributed by atoms with E-state index < -0.39 is 5.91 Å². The van der Waals surface area contributed by atoms with E-state index in [1.807, 2.05) is 13.0 Å². The third-order valence-corrected chi connectivity index (χ3v) is 3.16. The number of furan rings is 1. The van der Waals surface area contributed by atoms with Gasteiger partial charge in [-0.25, -0.2) is 0 Å². The molecular weight excluding hydrogens is 264 g/mol. The average Bonchev–Trinajstić information content (AvgIpc) is 2.95. The molecule has 0 atom stereocenters. The molecule has 0 aliphatic heterocycles. The maximum Gasteiger partial charge on any atom is 0.251 e. The Bertz CT molecular complexity index is 640. The van der Waals surface area contributed by atoms with Crippen LogP contribution in [0.15, 0.2) is 34.1 Å². The van der Waals surface area contributed by atoms with Gasteiger partial charge < -0.3 is 15.5 Å². The molecule has 19 heavy (non-hydrogen) atoms. The second kappa shape index (κ2) is 5.53. The first-order valence-corrected chi connectivity index (χ1v) is 6.37. The number of amides is 2. The van der Waals surface area contributed by atoms with Crippen LogP contribution in [0.2, 0.25) is 0 Å². The van der Waals surface area contributed by atoms with Crippen molar-refractivity contribution in [3.63, 3.8) is 0 Å². The van der Waals surface area contributed by atoms with Gasteiger partial charge in [0.1, 0.15) is 16.5 Å². The van der Waals surface area contributed by atoms with Gasteiger partial charge in [-0.3, -0.25) is 9.59 Å². The van der Waals surface area contributed by atoms with Crippen LogP contribution in [-0.4, -0.2) is 11.8 Å². The van der Waals surface area contributed by atoms with Crippen LogP contribution in [-0.2, 0) is 4.79 Å². The molecule has 2 heterocycles. The molecule has 2 aromatic heterocycles. The van der Waals surface area contributed by atoms with E-state index in [9.17, 15) is 9.59 Å². The monoisotopic (exact) mass is 276 g/mol. The highest BCUT2D eigenvalue weighted by Crippen LogP contribution is 2.22. The minimum atomic E-state index is -0.567. The lowest BCUT2D eigenvalue weighted by molar-refractivity contribution is -0.111. The van der Waals surface area contributed by atoms with E-state index in [4.69, 9.17) is 10.2 Å². The van der Waals surface area contributed by atoms with Crippen LogP contribution in [0, 0.1) is 6.92 Å². The van der Waals surface area contributed by atoms with Crippen molar-refractivity contribution >= 4 is 34.2 Å². The number of nitrogens with one attached hydrogen (secondary N) is 1. The van der Waals surface area contributed by atoms with Crippen molar-refractivity contribution in [2.45, 2.75) is 6.92 Å². The standard InChI is InChI=1S/C13H12N2O3S/c1-8-2-3-9(18-8)4-5-11(16)15-13-10(12(14)17)6-7-19-13/h2-7H,1H3,(H2,14,17)(H,15,16). The van der Waals surface area contributed by atoms with Crippen LogP contribution < -0.4 is 11.1 Å². The van der Waals surface area contributed by atoms with Crippen molar-refractivity contribution in [1.29, 1.82) is 0 Å². The number of anilines is 1. The molecular formula is C13H12N2O3S. The number of hydrogen-bond acceptors (Lipinski definition) is 4. The number of hydrogen-bond donors (Lipinski definition) is 2. The number of rotatable bonds is 4. The van der Waals surface area contributed by atoms with Gasteiger partial charge in [-0.1, -0.05) is 0 Å². The lowest BCUT2D eigenvalue weighted by atomic mass is 10.3. The molecule has 6 heteroatoms. The summed E-state index contributed by atoms with van der Waals surface area (Å²) >= 11 is 1.24. The van der Waals surface area contributed by atoms with Gasteiger partial charge in [0.15, 0.2) is 0 Å². The van der Waals surface area contributed by atoms with E-state index >= 15 is 0 Å². The van der Waals surface area contributed by atoms with Crippen LogP contribution in [0.5, 0.6) is 0 Å². The SMILES string of the molecule is Cc1ccc(C=CC(=O)Nc2sccc2C(N)=O)o1. The Morgan fingerprint density at radius 1 is 1.37 bits per heavy atom. The summed E-state index contributed by atoms with van der Waals surface area (Å²) in [7, 11) is 0. The number of nitrogens with two attached hydrogens (primary N) is 1. The van der Waals surface area contributed by atoms with E-state index in [2.05, 4.69) is 5.32 Å². The second-order valence-electron chi connectivity index (χ2n) is 3.80. The van der Waals surface area contributed by atoms with Crippen LogP contribution in [0.3, 0.4) is 0 Å². The quantitative estimate of drug-likeness (QED) is 0.841. The molecule has 0 aliphatic carbocycles. The molecule has 5 nitrogen and oxygen atoms in total. The van der Waals surface area contributed by atoms with Crippen molar-refractivity contribution in [2.24, 2.45) is 5.73 Å². The Balaban J connectivity index is 2.03. The molecule has 0 radical (unpaired) electrons. The summed E-state index contributed by atoms with van der Waals surface area (Å²) in [6, 6.07) is 5.14. The average molecular weight is 276 g/mol. The maximum atomic E-state index is 11.7. The Labute approximate surface area is 113 Å². The Morgan fingerprint density at radius 3 is 2.79 bits per heavy atom. The molecule has 2 aromatic rings. The topological polar surface area (TPSA) is 85.3 Å². The second-order valence-corrected chi connectivity index (χ2v) is 4.71. The van der Waals surface area contributed by atoms with Crippen LogP contribution in [0.1, 0.15) is 21.9 Å². The lowest BCUT2D eigenvalue weighted by Crippen LogP contribution is -2.14. The lowest BCUT2D eigenvalue weighted by Gasteiger charge is -2.00. The zero-order valence-electron chi connectivity index (χ0n) is 10.2. The van der Waals surface area contributed by atoms with E-state index in [1.54, 1.807) is 23.6 Å². The fourth-order valence-electron chi connectivity index (χ4n) is 1.45. The smallest absolute Gasteiger partial charge is 0.251 e. The van der Waals surface area contributed by atoms with Crippen molar-refractivity contribution in [1.82, 2.24) is 0 Å². The summed E-state index contributed by atoms with van der Waals surface area (Å²) in [4.78, 5) is 22.8. The zero-order valence-corrected chi connectivity index (χ0v) is 11.0. The van der Waals surface area contributed by atoms with Gasteiger partial charge in [-0.05, 0) is 36.6 Å². The predicted molar refractivity (Wildman–Crippen MR) is 73.9 cm³/mol. The third kappa shape index (κ3) is 3.32. The summed E-state index contributed by atoms with van der Waals surface area (Å²) < 4.78 is 5.29. The van der Waals surface area contributed by atoms with Gasteiger partial charge >= 0.3 is 0 Å². The first-order valence-electron chi connectivity index (χ1n) is 5.49. The highest BCUT2D eigenvalue weighted by atomic mass is 32.1. The summed E-state index contributed by atoms with van der Waals surface area (Å²) in [5, 5.41) is 4.73. The molecule has 2 amide bonds. The van der Waals surface area contributed by atoms with Crippen molar-refractivity contribution < 1.29 is 14.0 Å². The van der Waals surface area contributed by atoms with Gasteiger partial charge in [-0.2, -0.15) is 0 Å². The number of carbonyl (C=O) groups is 2. The summed E-state index contributed by atoms with van der Waals surface area (Å²) in [6.45, 7) is 1.82. The van der Waals surface area contributed by atoms with Gasteiger partial charge in [0.25, 0.3) is 5.91 Å². The summed E-state index contributed by atoms with van der Waals surface area (Å²) in [6.07, 6.45) is 2.89. The molecule has 0 unspecified atom stereocenters. The van der Waals surface area contributed by atoms with E-state index in [0.29, 0.717) is 16.3 Å². The third-order valence-electron chi connectivity index (χ3n) is 2.33. The Kier molecular flexibility index (Phi) is 3.82. The largest absolute Gasteiger partial charge is 0.462 e. The van der Waals surface area contributed by atoms with Crippen LogP contribution in [0.4, 0.5) is 5.00 Å². The zero-order chi connectivity index (χ0) is 13.8. The minimum absolute atomic E-state index is 0.306. The molecule has 3 N–H and O–H groups in total. The van der Waals surface area contributed by atoms with Crippen molar-refractivity contribution in [3.8, 4) is 0 Å². The first kappa shape index (κ1) is 13.1. The van der Waals surface area contributed by atoms with Gasteiger partial charge in [0.05, 0.1) is 5.56 Å².